The molecule has 12 nitrogen and oxygen atoms in total. The van der Waals surface area contributed by atoms with Crippen molar-refractivity contribution in [1.82, 2.24) is 21.3 Å². The number of carboxylic acids is 2. The summed E-state index contributed by atoms with van der Waals surface area (Å²) in [6, 6.07) is -2.58. The lowest BCUT2D eigenvalue weighted by molar-refractivity contribution is -0.143. The van der Waals surface area contributed by atoms with Gasteiger partial charge in [0.15, 0.2) is 0 Å². The SMILES string of the molecule is NCCCCC(NC(=O)C1CCCN1)C(=O)NCC(=O)NC(CCC(=O)O)C(=O)O. The molecular formula is C18H31N5O7. The van der Waals surface area contributed by atoms with E-state index in [1.165, 1.54) is 0 Å². The molecule has 30 heavy (non-hydrogen) atoms. The molecule has 0 aromatic carbocycles. The highest BCUT2D eigenvalue weighted by Crippen LogP contribution is 2.07. The third kappa shape index (κ3) is 9.65. The number of carbonyl (C=O) groups is 5. The van der Waals surface area contributed by atoms with Crippen molar-refractivity contribution in [2.45, 2.75) is 63.1 Å². The molecule has 0 aromatic rings. The van der Waals surface area contributed by atoms with Crippen LogP contribution in [-0.4, -0.2) is 77.6 Å². The van der Waals surface area contributed by atoms with E-state index in [1.807, 2.05) is 0 Å². The summed E-state index contributed by atoms with van der Waals surface area (Å²) in [5.41, 5.74) is 5.47. The molecular weight excluding hydrogens is 398 g/mol. The second kappa shape index (κ2) is 13.5. The summed E-state index contributed by atoms with van der Waals surface area (Å²) < 4.78 is 0. The molecule has 170 valence electrons. The summed E-state index contributed by atoms with van der Waals surface area (Å²) in [4.78, 5) is 58.5. The molecule has 0 radical (unpaired) electrons. The zero-order valence-corrected chi connectivity index (χ0v) is 16.8. The molecule has 12 heteroatoms. The number of nitrogens with two attached hydrogens (primary N) is 1. The van der Waals surface area contributed by atoms with Crippen molar-refractivity contribution in [3.05, 3.63) is 0 Å². The Hall–Kier alpha value is -2.73. The van der Waals surface area contributed by atoms with Crippen molar-refractivity contribution >= 4 is 29.7 Å². The molecule has 1 aliphatic rings. The van der Waals surface area contributed by atoms with Crippen LogP contribution in [0.3, 0.4) is 0 Å². The Bertz CT molecular complexity index is 622. The molecule has 1 rings (SSSR count). The van der Waals surface area contributed by atoms with Crippen molar-refractivity contribution in [2.24, 2.45) is 5.73 Å². The molecule has 3 unspecified atom stereocenters. The number of carboxylic acid groups (broad SMARTS) is 2. The molecule has 0 saturated carbocycles. The maximum absolute atomic E-state index is 12.5. The van der Waals surface area contributed by atoms with Crippen LogP contribution in [-0.2, 0) is 24.0 Å². The Morgan fingerprint density at radius 2 is 1.77 bits per heavy atom. The molecule has 1 saturated heterocycles. The van der Waals surface area contributed by atoms with Gasteiger partial charge in [0.05, 0.1) is 12.6 Å². The number of rotatable bonds is 14. The Morgan fingerprint density at radius 3 is 2.33 bits per heavy atom. The van der Waals surface area contributed by atoms with Crippen molar-refractivity contribution in [1.29, 1.82) is 0 Å². The topological polar surface area (TPSA) is 200 Å². The van der Waals surface area contributed by atoms with Gasteiger partial charge in [-0.2, -0.15) is 0 Å². The largest absolute Gasteiger partial charge is 0.481 e. The zero-order chi connectivity index (χ0) is 22.5. The van der Waals surface area contributed by atoms with Crippen LogP contribution in [0.4, 0.5) is 0 Å². The third-order valence-corrected chi connectivity index (χ3v) is 4.66. The number of hydrogen-bond donors (Lipinski definition) is 7. The Kier molecular flexibility index (Phi) is 11.4. The maximum Gasteiger partial charge on any atom is 0.326 e. The molecule has 1 heterocycles. The smallest absolute Gasteiger partial charge is 0.326 e. The van der Waals surface area contributed by atoms with Crippen molar-refractivity contribution in [2.75, 3.05) is 19.6 Å². The monoisotopic (exact) mass is 429 g/mol. The second-order valence-corrected chi connectivity index (χ2v) is 7.10. The second-order valence-electron chi connectivity index (χ2n) is 7.10. The van der Waals surface area contributed by atoms with Gasteiger partial charge in [0.2, 0.25) is 17.7 Å². The van der Waals surface area contributed by atoms with Gasteiger partial charge in [0, 0.05) is 6.42 Å². The van der Waals surface area contributed by atoms with E-state index < -0.39 is 48.8 Å². The Balaban J connectivity index is 2.56. The minimum Gasteiger partial charge on any atom is -0.481 e. The molecule has 3 atom stereocenters. The van der Waals surface area contributed by atoms with Gasteiger partial charge >= 0.3 is 11.9 Å². The van der Waals surface area contributed by atoms with Gasteiger partial charge in [-0.05, 0) is 51.6 Å². The number of carbonyl (C=O) groups excluding carboxylic acids is 3. The van der Waals surface area contributed by atoms with Gasteiger partial charge in [0.25, 0.3) is 0 Å². The molecule has 1 fully saturated rings. The predicted octanol–water partition coefficient (Wildman–Crippen LogP) is -2.10. The average Bonchev–Trinajstić information content (AvgIpc) is 3.23. The molecule has 0 aromatic heterocycles. The fraction of sp³-hybridized carbons (Fsp3) is 0.722. The van der Waals surface area contributed by atoms with E-state index in [4.69, 9.17) is 15.9 Å². The molecule has 0 bridgehead atoms. The van der Waals surface area contributed by atoms with Crippen LogP contribution >= 0.6 is 0 Å². The number of aliphatic carboxylic acids is 2. The third-order valence-electron chi connectivity index (χ3n) is 4.66. The van der Waals surface area contributed by atoms with Crippen LogP contribution in [0.5, 0.6) is 0 Å². The highest BCUT2D eigenvalue weighted by Gasteiger charge is 2.27. The maximum atomic E-state index is 12.5. The van der Waals surface area contributed by atoms with Crippen LogP contribution < -0.4 is 27.0 Å². The summed E-state index contributed by atoms with van der Waals surface area (Å²) in [5, 5.41) is 28.0. The average molecular weight is 429 g/mol. The van der Waals surface area contributed by atoms with Crippen molar-refractivity contribution < 1.29 is 34.2 Å². The number of hydrogen-bond acceptors (Lipinski definition) is 7. The first-order chi connectivity index (χ1) is 14.2. The first-order valence-electron chi connectivity index (χ1n) is 10.00. The quantitative estimate of drug-likeness (QED) is 0.151. The highest BCUT2D eigenvalue weighted by molar-refractivity contribution is 5.92. The summed E-state index contributed by atoms with van der Waals surface area (Å²) >= 11 is 0. The Labute approximate surface area is 174 Å². The zero-order valence-electron chi connectivity index (χ0n) is 16.8. The van der Waals surface area contributed by atoms with E-state index in [9.17, 15) is 24.0 Å². The lowest BCUT2D eigenvalue weighted by Crippen LogP contribution is -2.53. The summed E-state index contributed by atoms with van der Waals surface area (Å²) in [7, 11) is 0. The number of amides is 3. The summed E-state index contributed by atoms with van der Waals surface area (Å²) in [5.74, 6) is -4.18. The van der Waals surface area contributed by atoms with Crippen LogP contribution in [0.2, 0.25) is 0 Å². The van der Waals surface area contributed by atoms with Crippen molar-refractivity contribution in [3.63, 3.8) is 0 Å². The van der Waals surface area contributed by atoms with Gasteiger partial charge in [0.1, 0.15) is 12.1 Å². The minimum atomic E-state index is -1.38. The first-order valence-corrected chi connectivity index (χ1v) is 10.00. The Morgan fingerprint density at radius 1 is 1.03 bits per heavy atom. The van der Waals surface area contributed by atoms with Crippen LogP contribution in [0.15, 0.2) is 0 Å². The van der Waals surface area contributed by atoms with Crippen LogP contribution in [0, 0.1) is 0 Å². The van der Waals surface area contributed by atoms with Gasteiger partial charge in [-0.3, -0.25) is 19.2 Å². The lowest BCUT2D eigenvalue weighted by atomic mass is 10.1. The van der Waals surface area contributed by atoms with E-state index in [0.717, 1.165) is 13.0 Å². The van der Waals surface area contributed by atoms with E-state index >= 15 is 0 Å². The molecule has 8 N–H and O–H groups in total. The van der Waals surface area contributed by atoms with Crippen LogP contribution in [0.25, 0.3) is 0 Å². The van der Waals surface area contributed by atoms with E-state index in [-0.39, 0.29) is 18.4 Å². The van der Waals surface area contributed by atoms with E-state index in [2.05, 4.69) is 21.3 Å². The van der Waals surface area contributed by atoms with Gasteiger partial charge in [-0.15, -0.1) is 0 Å². The van der Waals surface area contributed by atoms with Gasteiger partial charge in [-0.25, -0.2) is 4.79 Å². The summed E-state index contributed by atoms with van der Waals surface area (Å²) in [6.45, 7) is 0.678. The minimum absolute atomic E-state index is 0.281. The van der Waals surface area contributed by atoms with Crippen molar-refractivity contribution in [3.8, 4) is 0 Å². The fourth-order valence-corrected chi connectivity index (χ4v) is 3.00. The summed E-state index contributed by atoms with van der Waals surface area (Å²) in [6.07, 6.45) is 2.47. The fourth-order valence-electron chi connectivity index (χ4n) is 3.00. The lowest BCUT2D eigenvalue weighted by Gasteiger charge is -2.21. The molecule has 1 aliphatic heterocycles. The first kappa shape index (κ1) is 25.3. The molecule has 0 aliphatic carbocycles. The normalized spacial score (nSPS) is 17.6. The number of unbranched alkanes of at least 4 members (excludes halogenated alkanes) is 1. The predicted molar refractivity (Wildman–Crippen MR) is 105 cm³/mol. The highest BCUT2D eigenvalue weighted by atomic mass is 16.4. The molecule has 0 spiro atoms. The molecule has 3 amide bonds. The van der Waals surface area contributed by atoms with Gasteiger partial charge in [-0.1, -0.05) is 0 Å². The van der Waals surface area contributed by atoms with Crippen LogP contribution in [0.1, 0.15) is 44.9 Å². The van der Waals surface area contributed by atoms with E-state index in [1.54, 1.807) is 0 Å². The standard InChI is InChI=1S/C18H31N5O7/c19-8-2-1-4-12(23-17(28)11-5-3-9-20-11)16(27)21-10-14(24)22-13(18(29)30)6-7-15(25)26/h11-13,20H,1-10,19H2,(H,21,27)(H,22,24)(H,23,28)(H,25,26)(H,29,30). The number of nitrogens with one attached hydrogen (secondary N) is 4. The van der Waals surface area contributed by atoms with Gasteiger partial charge < -0.3 is 37.2 Å². The van der Waals surface area contributed by atoms with E-state index in [0.29, 0.717) is 32.2 Å².